The Morgan fingerprint density at radius 1 is 1.00 bits per heavy atom. The third kappa shape index (κ3) is 5.64. The molecule has 0 aromatic heterocycles. The van der Waals surface area contributed by atoms with Gasteiger partial charge in [0.05, 0.1) is 4.90 Å². The fraction of sp³-hybridized carbons (Fsp3) is 0.300. The molecule has 0 unspecified atom stereocenters. The molecule has 0 saturated carbocycles. The number of anilines is 1. The van der Waals surface area contributed by atoms with Crippen LogP contribution in [0.25, 0.3) is 0 Å². The zero-order valence-electron chi connectivity index (χ0n) is 16.4. The topological polar surface area (TPSA) is 92.8 Å². The molecule has 2 aromatic rings. The summed E-state index contributed by atoms with van der Waals surface area (Å²) >= 11 is 0. The van der Waals surface area contributed by atoms with E-state index >= 15 is 0 Å². The zero-order chi connectivity index (χ0) is 20.9. The maximum Gasteiger partial charge on any atom is 0.321 e. The summed E-state index contributed by atoms with van der Waals surface area (Å²) in [5, 5.41) is 2.67. The van der Waals surface area contributed by atoms with Gasteiger partial charge in [0.1, 0.15) is 6.54 Å². The van der Waals surface area contributed by atoms with Crippen molar-refractivity contribution in [1.29, 1.82) is 0 Å². The Hall–Kier alpha value is -2.71. The fourth-order valence-electron chi connectivity index (χ4n) is 2.41. The summed E-state index contributed by atoms with van der Waals surface area (Å²) in [6.07, 6.45) is 0. The van der Waals surface area contributed by atoms with Crippen LogP contribution in [0.3, 0.4) is 0 Å². The van der Waals surface area contributed by atoms with Gasteiger partial charge < -0.3 is 10.1 Å². The standard InChI is InChI=1S/C20H24N2O5S/c1-14-6-9-17(10-7-14)28(25,26)22(4)12-20(24)27-13-19(23)21-18-11-15(2)5-8-16(18)3/h5-11H,12-13H2,1-4H3,(H,21,23). The summed E-state index contributed by atoms with van der Waals surface area (Å²) in [5.41, 5.74) is 3.44. The molecule has 0 fully saturated rings. The first kappa shape index (κ1) is 21.6. The van der Waals surface area contributed by atoms with Crippen molar-refractivity contribution in [3.8, 4) is 0 Å². The molecule has 7 nitrogen and oxygen atoms in total. The van der Waals surface area contributed by atoms with Gasteiger partial charge in [0.25, 0.3) is 5.91 Å². The minimum atomic E-state index is -3.82. The van der Waals surface area contributed by atoms with Crippen LogP contribution >= 0.6 is 0 Å². The number of esters is 1. The SMILES string of the molecule is Cc1ccc(S(=O)(=O)N(C)CC(=O)OCC(=O)Nc2cc(C)ccc2C)cc1. The van der Waals surface area contributed by atoms with Gasteiger partial charge in [-0.1, -0.05) is 29.8 Å². The van der Waals surface area contributed by atoms with Crippen LogP contribution in [0.4, 0.5) is 5.69 Å². The Kier molecular flexibility index (Phi) is 6.93. The normalized spacial score (nSPS) is 11.3. The molecule has 0 aliphatic rings. The van der Waals surface area contributed by atoms with E-state index in [2.05, 4.69) is 5.32 Å². The predicted molar refractivity (Wildman–Crippen MR) is 106 cm³/mol. The van der Waals surface area contributed by atoms with E-state index in [0.717, 1.165) is 21.0 Å². The Bertz CT molecular complexity index is 969. The summed E-state index contributed by atoms with van der Waals surface area (Å²) < 4.78 is 30.7. The highest BCUT2D eigenvalue weighted by atomic mass is 32.2. The number of nitrogens with one attached hydrogen (secondary N) is 1. The van der Waals surface area contributed by atoms with Crippen molar-refractivity contribution in [2.24, 2.45) is 0 Å². The quantitative estimate of drug-likeness (QED) is 0.716. The number of amides is 1. The number of sulfonamides is 1. The van der Waals surface area contributed by atoms with Gasteiger partial charge in [-0.3, -0.25) is 9.59 Å². The average molecular weight is 404 g/mol. The van der Waals surface area contributed by atoms with Crippen molar-refractivity contribution in [2.75, 3.05) is 25.5 Å². The Balaban J connectivity index is 1.90. The zero-order valence-corrected chi connectivity index (χ0v) is 17.2. The van der Waals surface area contributed by atoms with Crippen molar-refractivity contribution < 1.29 is 22.7 Å². The van der Waals surface area contributed by atoms with Crippen LogP contribution in [-0.4, -0.2) is 44.8 Å². The third-order valence-corrected chi connectivity index (χ3v) is 5.93. The van der Waals surface area contributed by atoms with Crippen LogP contribution in [0, 0.1) is 20.8 Å². The minimum Gasteiger partial charge on any atom is -0.455 e. The Labute approximate surface area is 165 Å². The van der Waals surface area contributed by atoms with Crippen molar-refractivity contribution in [3.63, 3.8) is 0 Å². The molecule has 2 aromatic carbocycles. The van der Waals surface area contributed by atoms with Gasteiger partial charge in [-0.05, 0) is 50.1 Å². The highest BCUT2D eigenvalue weighted by molar-refractivity contribution is 7.89. The van der Waals surface area contributed by atoms with E-state index in [0.29, 0.717) is 5.69 Å². The lowest BCUT2D eigenvalue weighted by molar-refractivity contribution is -0.147. The molecule has 0 saturated heterocycles. The molecular weight excluding hydrogens is 380 g/mol. The Morgan fingerprint density at radius 3 is 2.25 bits per heavy atom. The van der Waals surface area contributed by atoms with Gasteiger partial charge in [0, 0.05) is 12.7 Å². The molecule has 8 heteroatoms. The van der Waals surface area contributed by atoms with Crippen molar-refractivity contribution in [1.82, 2.24) is 4.31 Å². The first-order valence-corrected chi connectivity index (χ1v) is 10.1. The molecule has 0 aliphatic carbocycles. The van der Waals surface area contributed by atoms with Gasteiger partial charge in [-0.2, -0.15) is 4.31 Å². The second-order valence-corrected chi connectivity index (χ2v) is 8.65. The second-order valence-electron chi connectivity index (χ2n) is 6.60. The molecule has 2 rings (SSSR count). The highest BCUT2D eigenvalue weighted by Crippen LogP contribution is 2.16. The van der Waals surface area contributed by atoms with Crippen LogP contribution in [0.2, 0.25) is 0 Å². The third-order valence-electron chi connectivity index (χ3n) is 4.11. The van der Waals surface area contributed by atoms with E-state index in [9.17, 15) is 18.0 Å². The number of benzene rings is 2. The van der Waals surface area contributed by atoms with Crippen molar-refractivity contribution >= 4 is 27.6 Å². The lowest BCUT2D eigenvalue weighted by Crippen LogP contribution is -2.34. The van der Waals surface area contributed by atoms with Crippen molar-refractivity contribution in [2.45, 2.75) is 25.7 Å². The lowest BCUT2D eigenvalue weighted by atomic mass is 10.1. The largest absolute Gasteiger partial charge is 0.455 e. The van der Waals surface area contributed by atoms with Gasteiger partial charge >= 0.3 is 5.97 Å². The van der Waals surface area contributed by atoms with E-state index in [1.807, 2.05) is 39.0 Å². The summed E-state index contributed by atoms with van der Waals surface area (Å²) in [6, 6.07) is 11.9. The number of likely N-dealkylation sites (N-methyl/N-ethyl adjacent to an activating group) is 1. The van der Waals surface area contributed by atoms with Crippen LogP contribution in [0.15, 0.2) is 47.4 Å². The maximum atomic E-state index is 12.5. The van der Waals surface area contributed by atoms with Gasteiger partial charge in [0.2, 0.25) is 10.0 Å². The van der Waals surface area contributed by atoms with E-state index in [1.165, 1.54) is 19.2 Å². The predicted octanol–water partition coefficient (Wildman–Crippen LogP) is 2.41. The number of rotatable bonds is 7. The molecule has 0 aliphatic heterocycles. The molecule has 1 N–H and O–H groups in total. The number of hydrogen-bond donors (Lipinski definition) is 1. The summed E-state index contributed by atoms with van der Waals surface area (Å²) in [5.74, 6) is -1.31. The molecule has 1 amide bonds. The second kappa shape index (κ2) is 8.99. The molecule has 28 heavy (non-hydrogen) atoms. The van der Waals surface area contributed by atoms with Gasteiger partial charge in [-0.25, -0.2) is 8.42 Å². The van der Waals surface area contributed by atoms with E-state index in [4.69, 9.17) is 4.74 Å². The van der Waals surface area contributed by atoms with Gasteiger partial charge in [0.15, 0.2) is 6.61 Å². The lowest BCUT2D eigenvalue weighted by Gasteiger charge is -2.16. The minimum absolute atomic E-state index is 0.0843. The smallest absolute Gasteiger partial charge is 0.321 e. The Morgan fingerprint density at radius 2 is 1.61 bits per heavy atom. The van der Waals surface area contributed by atoms with Crippen LogP contribution in [0.5, 0.6) is 0 Å². The monoisotopic (exact) mass is 404 g/mol. The fourth-order valence-corrected chi connectivity index (χ4v) is 3.52. The molecule has 150 valence electrons. The number of carbonyl (C=O) groups is 2. The summed E-state index contributed by atoms with van der Waals surface area (Å²) in [6.45, 7) is 4.61. The molecule has 0 spiro atoms. The number of aryl methyl sites for hydroxylation is 3. The summed E-state index contributed by atoms with van der Waals surface area (Å²) in [7, 11) is -2.53. The van der Waals surface area contributed by atoms with Crippen LogP contribution in [-0.2, 0) is 24.3 Å². The van der Waals surface area contributed by atoms with Crippen LogP contribution in [0.1, 0.15) is 16.7 Å². The van der Waals surface area contributed by atoms with E-state index < -0.39 is 35.1 Å². The van der Waals surface area contributed by atoms with E-state index in [1.54, 1.807) is 12.1 Å². The van der Waals surface area contributed by atoms with Crippen molar-refractivity contribution in [3.05, 3.63) is 59.2 Å². The first-order valence-electron chi connectivity index (χ1n) is 8.65. The van der Waals surface area contributed by atoms with Gasteiger partial charge in [-0.15, -0.1) is 0 Å². The van der Waals surface area contributed by atoms with Crippen LogP contribution < -0.4 is 5.32 Å². The number of nitrogens with zero attached hydrogens (tertiary/aromatic N) is 1. The molecule has 0 heterocycles. The first-order chi connectivity index (χ1) is 13.1. The number of carbonyl (C=O) groups excluding carboxylic acids is 2. The molecule has 0 radical (unpaired) electrons. The summed E-state index contributed by atoms with van der Waals surface area (Å²) in [4.78, 5) is 24.0. The maximum absolute atomic E-state index is 12.5. The van der Waals surface area contributed by atoms with E-state index in [-0.39, 0.29) is 4.90 Å². The molecular formula is C20H24N2O5S. The highest BCUT2D eigenvalue weighted by Gasteiger charge is 2.23. The average Bonchev–Trinajstić information content (AvgIpc) is 2.63. The molecule has 0 bridgehead atoms. The molecule has 0 atom stereocenters. The number of hydrogen-bond acceptors (Lipinski definition) is 5. The number of ether oxygens (including phenoxy) is 1.